The molecule has 2 amide bonds. The molecule has 0 aliphatic carbocycles. The number of amides is 2. The van der Waals surface area contributed by atoms with Crippen LogP contribution in [0, 0.1) is 5.92 Å². The van der Waals surface area contributed by atoms with Crippen molar-refractivity contribution in [2.24, 2.45) is 5.92 Å². The number of hydrogen-bond acceptors (Lipinski definition) is 4. The monoisotopic (exact) mass is 344 g/mol. The van der Waals surface area contributed by atoms with Crippen molar-refractivity contribution in [2.45, 2.75) is 19.8 Å². The van der Waals surface area contributed by atoms with Crippen molar-refractivity contribution in [1.82, 2.24) is 15.5 Å². The highest BCUT2D eigenvalue weighted by Gasteiger charge is 2.34. The van der Waals surface area contributed by atoms with Crippen molar-refractivity contribution in [3.8, 4) is 0 Å². The molecular formula is C19H28N4O2. The van der Waals surface area contributed by atoms with Crippen LogP contribution in [-0.2, 0) is 16.0 Å². The molecule has 2 saturated heterocycles. The minimum absolute atomic E-state index is 0.00355. The fourth-order valence-electron chi connectivity index (χ4n) is 3.46. The zero-order valence-corrected chi connectivity index (χ0v) is 15.0. The largest absolute Gasteiger partial charge is 0.355 e. The van der Waals surface area contributed by atoms with E-state index in [0.717, 1.165) is 44.8 Å². The maximum absolute atomic E-state index is 12.4. The Morgan fingerprint density at radius 1 is 1.24 bits per heavy atom. The van der Waals surface area contributed by atoms with Crippen molar-refractivity contribution in [2.75, 3.05) is 50.7 Å². The second kappa shape index (κ2) is 8.45. The van der Waals surface area contributed by atoms with E-state index in [0.29, 0.717) is 19.5 Å². The summed E-state index contributed by atoms with van der Waals surface area (Å²) < 4.78 is 0. The van der Waals surface area contributed by atoms with E-state index in [1.807, 2.05) is 24.3 Å². The Morgan fingerprint density at radius 3 is 2.64 bits per heavy atom. The summed E-state index contributed by atoms with van der Waals surface area (Å²) in [5.41, 5.74) is 2.14. The molecule has 6 heteroatoms. The molecular weight excluding hydrogens is 316 g/mol. The van der Waals surface area contributed by atoms with Crippen molar-refractivity contribution < 1.29 is 9.59 Å². The Bertz CT molecular complexity index is 596. The predicted octanol–water partition coefficient (Wildman–Crippen LogP) is 0.623. The van der Waals surface area contributed by atoms with Crippen LogP contribution in [0.2, 0.25) is 0 Å². The zero-order valence-electron chi connectivity index (χ0n) is 15.0. The lowest BCUT2D eigenvalue weighted by molar-refractivity contribution is -0.126. The van der Waals surface area contributed by atoms with Crippen molar-refractivity contribution in [3.63, 3.8) is 0 Å². The number of aryl methyl sites for hydroxylation is 1. The average Bonchev–Trinajstić information content (AvgIpc) is 3.04. The third-order valence-electron chi connectivity index (χ3n) is 5.09. The molecule has 2 fully saturated rings. The van der Waals surface area contributed by atoms with E-state index in [-0.39, 0.29) is 17.7 Å². The summed E-state index contributed by atoms with van der Waals surface area (Å²) in [6, 6.07) is 8.04. The lowest BCUT2D eigenvalue weighted by Gasteiger charge is -2.27. The Hall–Kier alpha value is -1.92. The third kappa shape index (κ3) is 4.58. The number of benzene rings is 1. The van der Waals surface area contributed by atoms with Gasteiger partial charge in [0.15, 0.2) is 0 Å². The molecule has 2 N–H and O–H groups in total. The summed E-state index contributed by atoms with van der Waals surface area (Å²) in [6.07, 6.45) is 1.28. The molecule has 0 spiro atoms. The Labute approximate surface area is 149 Å². The second-order valence-corrected chi connectivity index (χ2v) is 6.81. The van der Waals surface area contributed by atoms with Crippen LogP contribution in [0.1, 0.15) is 18.9 Å². The molecule has 25 heavy (non-hydrogen) atoms. The van der Waals surface area contributed by atoms with E-state index in [9.17, 15) is 9.59 Å². The van der Waals surface area contributed by atoms with Crippen LogP contribution >= 0.6 is 0 Å². The standard InChI is InChI=1S/C19H28N4O2/c1-2-15-3-5-17(6-4-15)23-14-16(13-18(23)24)19(25)21-9-12-22-10-7-20-8-11-22/h3-6,16,20H,2,7-14H2,1H3,(H,21,25). The number of anilines is 1. The van der Waals surface area contributed by atoms with Gasteiger partial charge in [-0.1, -0.05) is 19.1 Å². The molecule has 3 rings (SSSR count). The lowest BCUT2D eigenvalue weighted by Crippen LogP contribution is -2.46. The Balaban J connectivity index is 1.48. The molecule has 0 saturated carbocycles. The first-order chi connectivity index (χ1) is 12.2. The van der Waals surface area contributed by atoms with E-state index in [4.69, 9.17) is 0 Å². The highest BCUT2D eigenvalue weighted by molar-refractivity contribution is 6.00. The van der Waals surface area contributed by atoms with Gasteiger partial charge in [-0.25, -0.2) is 0 Å². The molecule has 2 heterocycles. The molecule has 1 aromatic rings. The molecule has 0 bridgehead atoms. The van der Waals surface area contributed by atoms with E-state index in [1.165, 1.54) is 5.56 Å². The fraction of sp³-hybridized carbons (Fsp3) is 0.579. The normalized spacial score (nSPS) is 21.6. The molecule has 2 aliphatic heterocycles. The van der Waals surface area contributed by atoms with Gasteiger partial charge in [0.25, 0.3) is 0 Å². The third-order valence-corrected chi connectivity index (χ3v) is 5.09. The van der Waals surface area contributed by atoms with Crippen LogP contribution in [-0.4, -0.2) is 62.5 Å². The van der Waals surface area contributed by atoms with Gasteiger partial charge in [0.05, 0.1) is 5.92 Å². The molecule has 136 valence electrons. The van der Waals surface area contributed by atoms with Crippen LogP contribution in [0.3, 0.4) is 0 Å². The zero-order chi connectivity index (χ0) is 17.6. The summed E-state index contributed by atoms with van der Waals surface area (Å²) in [4.78, 5) is 28.8. The maximum atomic E-state index is 12.4. The molecule has 2 aliphatic rings. The molecule has 0 aromatic heterocycles. The smallest absolute Gasteiger partial charge is 0.227 e. The quantitative estimate of drug-likeness (QED) is 0.794. The minimum Gasteiger partial charge on any atom is -0.355 e. The first-order valence-corrected chi connectivity index (χ1v) is 9.27. The summed E-state index contributed by atoms with van der Waals surface area (Å²) in [5.74, 6) is -0.218. The number of carbonyl (C=O) groups excluding carboxylic acids is 2. The highest BCUT2D eigenvalue weighted by atomic mass is 16.2. The number of rotatable bonds is 6. The topological polar surface area (TPSA) is 64.7 Å². The second-order valence-electron chi connectivity index (χ2n) is 6.81. The van der Waals surface area contributed by atoms with Crippen LogP contribution in [0.4, 0.5) is 5.69 Å². The number of nitrogens with one attached hydrogen (secondary N) is 2. The van der Waals surface area contributed by atoms with Crippen molar-refractivity contribution in [3.05, 3.63) is 29.8 Å². The summed E-state index contributed by atoms with van der Waals surface area (Å²) in [5, 5.41) is 6.32. The highest BCUT2D eigenvalue weighted by Crippen LogP contribution is 2.25. The van der Waals surface area contributed by atoms with E-state index in [1.54, 1.807) is 4.90 Å². The SMILES string of the molecule is CCc1ccc(N2CC(C(=O)NCCN3CCNCC3)CC2=O)cc1. The average molecular weight is 344 g/mol. The lowest BCUT2D eigenvalue weighted by atomic mass is 10.1. The molecule has 6 nitrogen and oxygen atoms in total. The Morgan fingerprint density at radius 2 is 1.96 bits per heavy atom. The van der Waals surface area contributed by atoms with E-state index in [2.05, 4.69) is 22.5 Å². The first-order valence-electron chi connectivity index (χ1n) is 9.27. The molecule has 1 unspecified atom stereocenters. The molecule has 1 aromatic carbocycles. The predicted molar refractivity (Wildman–Crippen MR) is 98.6 cm³/mol. The molecule has 1 atom stereocenters. The number of carbonyl (C=O) groups is 2. The van der Waals surface area contributed by atoms with Gasteiger partial charge in [-0.3, -0.25) is 14.5 Å². The Kier molecular flexibility index (Phi) is 6.04. The molecule has 0 radical (unpaired) electrons. The van der Waals surface area contributed by atoms with Crippen LogP contribution < -0.4 is 15.5 Å². The van der Waals surface area contributed by atoms with Gasteiger partial charge < -0.3 is 15.5 Å². The maximum Gasteiger partial charge on any atom is 0.227 e. The van der Waals surface area contributed by atoms with E-state index < -0.39 is 0 Å². The van der Waals surface area contributed by atoms with E-state index >= 15 is 0 Å². The van der Waals surface area contributed by atoms with Crippen LogP contribution in [0.5, 0.6) is 0 Å². The minimum atomic E-state index is -0.249. The van der Waals surface area contributed by atoms with Gasteiger partial charge in [-0.2, -0.15) is 0 Å². The van der Waals surface area contributed by atoms with Crippen molar-refractivity contribution in [1.29, 1.82) is 0 Å². The van der Waals surface area contributed by atoms with Gasteiger partial charge in [-0.05, 0) is 24.1 Å². The summed E-state index contributed by atoms with van der Waals surface area (Å²) >= 11 is 0. The van der Waals surface area contributed by atoms with Gasteiger partial charge in [0.1, 0.15) is 0 Å². The number of hydrogen-bond donors (Lipinski definition) is 2. The summed E-state index contributed by atoms with van der Waals surface area (Å²) in [7, 11) is 0. The first kappa shape index (κ1) is 17.9. The van der Waals surface area contributed by atoms with Gasteiger partial charge >= 0.3 is 0 Å². The number of nitrogens with zero attached hydrogens (tertiary/aromatic N) is 2. The summed E-state index contributed by atoms with van der Waals surface area (Å²) in [6.45, 7) is 8.18. The van der Waals surface area contributed by atoms with Crippen molar-refractivity contribution >= 4 is 17.5 Å². The van der Waals surface area contributed by atoms with Gasteiger partial charge in [-0.15, -0.1) is 0 Å². The van der Waals surface area contributed by atoms with Gasteiger partial charge in [0, 0.05) is 57.9 Å². The van der Waals surface area contributed by atoms with Gasteiger partial charge in [0.2, 0.25) is 11.8 Å². The van der Waals surface area contributed by atoms with Crippen LogP contribution in [0.15, 0.2) is 24.3 Å². The fourth-order valence-corrected chi connectivity index (χ4v) is 3.46. The number of piperazine rings is 1. The van der Waals surface area contributed by atoms with Crippen LogP contribution in [0.25, 0.3) is 0 Å².